The molecular weight excluding hydrogens is 104 g/mol. The number of hydrogen-bond acceptors (Lipinski definition) is 0. The molecule has 0 aromatic heterocycles. The minimum atomic E-state index is 0.609. The molecule has 0 saturated carbocycles. The highest BCUT2D eigenvalue weighted by Crippen LogP contribution is 2.03. The van der Waals surface area contributed by atoms with E-state index in [0.717, 1.165) is 4.91 Å². The predicted molar refractivity (Wildman–Crippen MR) is 36.2 cm³/mol. The van der Waals surface area contributed by atoms with Crippen molar-refractivity contribution in [1.82, 2.24) is 0 Å². The Balaban J connectivity index is 3.45. The van der Waals surface area contributed by atoms with E-state index in [2.05, 4.69) is 19.9 Å². The molecular formula is C6H11S. The van der Waals surface area contributed by atoms with Crippen LogP contribution in [0.5, 0.6) is 0 Å². The van der Waals surface area contributed by atoms with Crippen LogP contribution in [0.3, 0.4) is 0 Å². The largest absolute Gasteiger partial charge is 0.0856 e. The molecule has 1 heteroatoms. The van der Waals surface area contributed by atoms with E-state index < -0.39 is 0 Å². The van der Waals surface area contributed by atoms with Crippen molar-refractivity contribution in [2.75, 3.05) is 0 Å². The maximum absolute atomic E-state index is 4.82. The summed E-state index contributed by atoms with van der Waals surface area (Å²) in [7, 11) is 0. The van der Waals surface area contributed by atoms with Gasteiger partial charge in [-0.15, -0.1) is 0 Å². The molecule has 0 aromatic rings. The maximum Gasteiger partial charge on any atom is 0.00835 e. The molecule has 0 unspecified atom stereocenters. The summed E-state index contributed by atoms with van der Waals surface area (Å²) in [5.41, 5.74) is 0. The summed E-state index contributed by atoms with van der Waals surface area (Å²) < 4.78 is 0. The van der Waals surface area contributed by atoms with Crippen molar-refractivity contribution in [1.29, 1.82) is 0 Å². The molecule has 0 nitrogen and oxygen atoms in total. The molecule has 0 aromatic carbocycles. The second kappa shape index (κ2) is 3.03. The number of allylic oxidation sites excluding steroid dienone is 2. The molecule has 0 N–H and O–H groups in total. The zero-order valence-electron chi connectivity index (χ0n) is 5.06. The fourth-order valence-corrected chi connectivity index (χ4v) is 0.742. The highest BCUT2D eigenvalue weighted by atomic mass is 32.1. The third kappa shape index (κ3) is 5.96. The molecule has 0 atom stereocenters. The first kappa shape index (κ1) is 6.96. The Labute approximate surface area is 51.0 Å². The van der Waals surface area contributed by atoms with Crippen molar-refractivity contribution < 1.29 is 0 Å². The van der Waals surface area contributed by atoms with Gasteiger partial charge in [-0.05, 0) is 12.8 Å². The lowest BCUT2D eigenvalue weighted by Gasteiger charge is -1.91. The van der Waals surface area contributed by atoms with Crippen molar-refractivity contribution in [3.63, 3.8) is 0 Å². The van der Waals surface area contributed by atoms with Gasteiger partial charge in [-0.3, -0.25) is 0 Å². The average molecular weight is 115 g/mol. The van der Waals surface area contributed by atoms with Crippen LogP contribution in [0.4, 0.5) is 0 Å². The third-order valence-electron chi connectivity index (χ3n) is 0.568. The Hall–Kier alpha value is -0.0400. The fraction of sp³-hybridized carbons (Fsp3) is 0.667. The monoisotopic (exact) mass is 115 g/mol. The van der Waals surface area contributed by atoms with E-state index in [1.54, 1.807) is 0 Å². The molecule has 41 valence electrons. The van der Waals surface area contributed by atoms with Crippen LogP contribution in [0, 0.1) is 5.92 Å². The Morgan fingerprint density at radius 1 is 1.57 bits per heavy atom. The zero-order valence-corrected chi connectivity index (χ0v) is 5.88. The molecule has 0 heterocycles. The van der Waals surface area contributed by atoms with E-state index in [0.29, 0.717) is 5.92 Å². The zero-order chi connectivity index (χ0) is 5.86. The molecule has 0 saturated heterocycles. The Bertz CT molecular complexity index is 68.2. The summed E-state index contributed by atoms with van der Waals surface area (Å²) in [6.45, 7) is 6.18. The standard InChI is InChI=1S/C6H11S/c1-5(2)4-6(3)7/h4-5H,1-3H3/b6-4-. The van der Waals surface area contributed by atoms with Crippen molar-refractivity contribution in [2.24, 2.45) is 5.92 Å². The molecule has 0 amide bonds. The molecule has 0 aliphatic heterocycles. The molecule has 0 bridgehead atoms. The van der Waals surface area contributed by atoms with E-state index in [4.69, 9.17) is 12.6 Å². The van der Waals surface area contributed by atoms with Crippen LogP contribution in [-0.4, -0.2) is 0 Å². The lowest BCUT2D eigenvalue weighted by atomic mass is 10.2. The first-order chi connectivity index (χ1) is 3.13. The number of rotatable bonds is 1. The third-order valence-corrected chi connectivity index (χ3v) is 0.704. The van der Waals surface area contributed by atoms with Gasteiger partial charge >= 0.3 is 0 Å². The summed E-state index contributed by atoms with van der Waals surface area (Å²) in [5, 5.41) is 0. The first-order valence-electron chi connectivity index (χ1n) is 2.48. The minimum absolute atomic E-state index is 0.609. The van der Waals surface area contributed by atoms with Crippen LogP contribution in [0.2, 0.25) is 0 Å². The molecule has 0 spiro atoms. The summed E-state index contributed by atoms with van der Waals surface area (Å²) in [6, 6.07) is 0. The highest BCUT2D eigenvalue weighted by molar-refractivity contribution is 7.84. The second-order valence-electron chi connectivity index (χ2n) is 2.02. The van der Waals surface area contributed by atoms with Gasteiger partial charge in [0.25, 0.3) is 0 Å². The number of hydrogen-bond donors (Lipinski definition) is 0. The molecule has 0 rings (SSSR count). The van der Waals surface area contributed by atoms with Crippen LogP contribution in [-0.2, 0) is 0 Å². The summed E-state index contributed by atoms with van der Waals surface area (Å²) in [6.07, 6.45) is 2.06. The predicted octanol–water partition coefficient (Wildman–Crippen LogP) is 2.74. The van der Waals surface area contributed by atoms with Gasteiger partial charge < -0.3 is 0 Å². The van der Waals surface area contributed by atoms with Gasteiger partial charge in [0.1, 0.15) is 0 Å². The summed E-state index contributed by atoms with van der Waals surface area (Å²) in [5.74, 6) is 0.609. The molecule has 0 aliphatic rings. The quantitative estimate of drug-likeness (QED) is 0.493. The van der Waals surface area contributed by atoms with Crippen molar-refractivity contribution in [3.8, 4) is 0 Å². The Kier molecular flexibility index (Phi) is 3.01. The topological polar surface area (TPSA) is 0 Å². The van der Waals surface area contributed by atoms with Gasteiger partial charge in [0.05, 0.1) is 0 Å². The van der Waals surface area contributed by atoms with Crippen LogP contribution in [0.1, 0.15) is 20.8 Å². The van der Waals surface area contributed by atoms with Crippen LogP contribution >= 0.6 is 12.6 Å². The van der Waals surface area contributed by atoms with Crippen LogP contribution in [0.15, 0.2) is 11.0 Å². The lowest BCUT2D eigenvalue weighted by molar-refractivity contribution is 0.828. The van der Waals surface area contributed by atoms with Gasteiger partial charge in [-0.25, -0.2) is 0 Å². The second-order valence-corrected chi connectivity index (χ2v) is 2.67. The van der Waals surface area contributed by atoms with Gasteiger partial charge in [-0.1, -0.05) is 32.6 Å². The fourth-order valence-electron chi connectivity index (χ4n) is 0.469. The van der Waals surface area contributed by atoms with Crippen LogP contribution in [0.25, 0.3) is 0 Å². The molecule has 0 fully saturated rings. The Morgan fingerprint density at radius 2 is 2.00 bits per heavy atom. The minimum Gasteiger partial charge on any atom is -0.0856 e. The highest BCUT2D eigenvalue weighted by Gasteiger charge is 1.84. The smallest absolute Gasteiger partial charge is 0.00835 e. The summed E-state index contributed by atoms with van der Waals surface area (Å²) >= 11 is 4.82. The van der Waals surface area contributed by atoms with E-state index in [-0.39, 0.29) is 0 Å². The molecule has 1 radical (unpaired) electrons. The van der Waals surface area contributed by atoms with E-state index in [9.17, 15) is 0 Å². The first-order valence-corrected chi connectivity index (χ1v) is 2.89. The van der Waals surface area contributed by atoms with Gasteiger partial charge in [0.2, 0.25) is 0 Å². The lowest BCUT2D eigenvalue weighted by Crippen LogP contribution is -1.76. The van der Waals surface area contributed by atoms with Crippen molar-refractivity contribution in [2.45, 2.75) is 20.8 Å². The van der Waals surface area contributed by atoms with Crippen molar-refractivity contribution >= 4 is 12.6 Å². The summed E-state index contributed by atoms with van der Waals surface area (Å²) in [4.78, 5) is 0.995. The van der Waals surface area contributed by atoms with E-state index in [1.807, 2.05) is 6.92 Å². The normalized spacial score (nSPS) is 12.9. The molecule has 0 aliphatic carbocycles. The van der Waals surface area contributed by atoms with Gasteiger partial charge in [0.15, 0.2) is 0 Å². The van der Waals surface area contributed by atoms with Crippen LogP contribution < -0.4 is 0 Å². The average Bonchev–Trinajstić information content (AvgIpc) is 1.27. The van der Waals surface area contributed by atoms with E-state index >= 15 is 0 Å². The van der Waals surface area contributed by atoms with Gasteiger partial charge in [0, 0.05) is 4.91 Å². The van der Waals surface area contributed by atoms with Crippen molar-refractivity contribution in [3.05, 3.63) is 11.0 Å². The maximum atomic E-state index is 4.82. The molecule has 7 heavy (non-hydrogen) atoms. The Morgan fingerprint density at radius 3 is 2.00 bits per heavy atom. The van der Waals surface area contributed by atoms with E-state index in [1.165, 1.54) is 0 Å². The SMILES string of the molecule is C/C([S])=C/C(C)C. The van der Waals surface area contributed by atoms with Gasteiger partial charge in [-0.2, -0.15) is 0 Å².